The highest BCUT2D eigenvalue weighted by Gasteiger charge is 2.23. The van der Waals surface area contributed by atoms with Crippen LogP contribution in [0.25, 0.3) is 11.3 Å². The van der Waals surface area contributed by atoms with Crippen LogP contribution in [0.4, 0.5) is 0 Å². The molecule has 4 nitrogen and oxygen atoms in total. The maximum atomic E-state index is 12.0. The zero-order valence-corrected chi connectivity index (χ0v) is 10.9. The molecule has 4 heteroatoms. The maximum absolute atomic E-state index is 12.0. The van der Waals surface area contributed by atoms with Crippen LogP contribution < -0.4 is 0 Å². The monoisotopic (exact) mass is 256 g/mol. The summed E-state index contributed by atoms with van der Waals surface area (Å²) in [7, 11) is 1.42. The van der Waals surface area contributed by atoms with E-state index >= 15 is 0 Å². The van der Waals surface area contributed by atoms with Crippen LogP contribution in [0.5, 0.6) is 0 Å². The first-order valence-corrected chi connectivity index (χ1v) is 6.52. The number of carbonyl (C=O) groups is 1. The first-order valence-electron chi connectivity index (χ1n) is 6.52. The van der Waals surface area contributed by atoms with Crippen molar-refractivity contribution in [1.29, 1.82) is 0 Å². The lowest BCUT2D eigenvalue weighted by Gasteiger charge is -2.18. The van der Waals surface area contributed by atoms with Gasteiger partial charge in [0.25, 0.3) is 0 Å². The van der Waals surface area contributed by atoms with E-state index < -0.39 is 0 Å². The molecule has 98 valence electrons. The predicted octanol–water partition coefficient (Wildman–Crippen LogP) is 2.67. The zero-order valence-electron chi connectivity index (χ0n) is 10.9. The van der Waals surface area contributed by atoms with E-state index in [2.05, 4.69) is 9.55 Å². The zero-order chi connectivity index (χ0) is 13.2. The van der Waals surface area contributed by atoms with Gasteiger partial charge in [-0.3, -0.25) is 4.98 Å². The summed E-state index contributed by atoms with van der Waals surface area (Å²) < 4.78 is 7.13. The minimum Gasteiger partial charge on any atom is -0.465 e. The van der Waals surface area contributed by atoms with Gasteiger partial charge in [-0.1, -0.05) is 0 Å². The van der Waals surface area contributed by atoms with Gasteiger partial charge in [-0.05, 0) is 37.5 Å². The Morgan fingerprint density at radius 1 is 1.42 bits per heavy atom. The molecule has 0 aromatic carbocycles. The third-order valence-electron chi connectivity index (χ3n) is 3.59. The van der Waals surface area contributed by atoms with Crippen LogP contribution in [0.2, 0.25) is 0 Å². The molecule has 2 aromatic rings. The second-order valence-corrected chi connectivity index (χ2v) is 4.74. The van der Waals surface area contributed by atoms with Crippen LogP contribution in [0.3, 0.4) is 0 Å². The molecule has 1 aliphatic rings. The number of carbonyl (C=O) groups excluding carboxylic acids is 1. The van der Waals surface area contributed by atoms with E-state index in [1.807, 2.05) is 18.2 Å². The van der Waals surface area contributed by atoms with Crippen molar-refractivity contribution < 1.29 is 9.53 Å². The molecule has 0 saturated carbocycles. The number of fused-ring (bicyclic) bond motifs is 1. The highest BCUT2D eigenvalue weighted by molar-refractivity contribution is 5.97. The summed E-state index contributed by atoms with van der Waals surface area (Å²) in [5.74, 6) is -0.277. The largest absolute Gasteiger partial charge is 0.465 e. The third kappa shape index (κ3) is 2.03. The molecule has 0 unspecified atom stereocenters. The quantitative estimate of drug-likeness (QED) is 0.776. The molecule has 1 aliphatic heterocycles. The Morgan fingerprint density at radius 3 is 3.05 bits per heavy atom. The summed E-state index contributed by atoms with van der Waals surface area (Å²) in [6.07, 6.45) is 6.88. The van der Waals surface area contributed by atoms with Crippen molar-refractivity contribution in [3.05, 3.63) is 41.9 Å². The van der Waals surface area contributed by atoms with Crippen molar-refractivity contribution in [1.82, 2.24) is 9.55 Å². The van der Waals surface area contributed by atoms with Gasteiger partial charge in [-0.2, -0.15) is 0 Å². The Balaban J connectivity index is 2.20. The lowest BCUT2D eigenvalue weighted by Crippen LogP contribution is -2.11. The number of aromatic nitrogens is 2. The second kappa shape index (κ2) is 4.88. The number of hydrogen-bond donors (Lipinski definition) is 0. The molecule has 0 bridgehead atoms. The molecule has 2 aromatic heterocycles. The Bertz CT molecular complexity index is 602. The third-order valence-corrected chi connectivity index (χ3v) is 3.59. The summed E-state index contributed by atoms with van der Waals surface area (Å²) in [4.78, 5) is 16.1. The molecule has 0 amide bonds. The van der Waals surface area contributed by atoms with Crippen molar-refractivity contribution >= 4 is 5.97 Å². The molecule has 0 aliphatic carbocycles. The van der Waals surface area contributed by atoms with Gasteiger partial charge in [-0.25, -0.2) is 4.79 Å². The van der Waals surface area contributed by atoms with E-state index in [0.717, 1.165) is 30.6 Å². The standard InChI is InChI=1S/C15H16N2O2/c1-19-15(18)13-9-12-6-2-3-8-17(12)14(13)11-5-4-7-16-10-11/h4-5,7,9-10H,2-3,6,8H2,1H3. The average molecular weight is 256 g/mol. The van der Waals surface area contributed by atoms with Crippen molar-refractivity contribution in [3.63, 3.8) is 0 Å². The summed E-state index contributed by atoms with van der Waals surface area (Å²) in [6, 6.07) is 5.84. The minimum atomic E-state index is -0.277. The van der Waals surface area contributed by atoms with Gasteiger partial charge in [0.2, 0.25) is 0 Å². The molecule has 0 radical (unpaired) electrons. The van der Waals surface area contributed by atoms with Gasteiger partial charge in [0, 0.05) is 30.2 Å². The highest BCUT2D eigenvalue weighted by Crippen LogP contribution is 2.31. The number of rotatable bonds is 2. The summed E-state index contributed by atoms with van der Waals surface area (Å²) in [6.45, 7) is 0.955. The van der Waals surface area contributed by atoms with E-state index in [1.54, 1.807) is 12.4 Å². The number of aryl methyl sites for hydroxylation is 1. The predicted molar refractivity (Wildman–Crippen MR) is 71.9 cm³/mol. The van der Waals surface area contributed by atoms with E-state index in [-0.39, 0.29) is 5.97 Å². The molecular weight excluding hydrogens is 240 g/mol. The van der Waals surface area contributed by atoms with E-state index in [1.165, 1.54) is 19.2 Å². The number of hydrogen-bond acceptors (Lipinski definition) is 3. The van der Waals surface area contributed by atoms with Crippen LogP contribution in [-0.4, -0.2) is 22.6 Å². The Labute approximate surface area is 112 Å². The Hall–Kier alpha value is -2.10. The molecule has 0 saturated heterocycles. The number of methoxy groups -OCH3 is 1. The average Bonchev–Trinajstić information content (AvgIpc) is 2.86. The van der Waals surface area contributed by atoms with E-state index in [0.29, 0.717) is 5.56 Å². The molecular formula is C15H16N2O2. The number of nitrogens with zero attached hydrogens (tertiary/aromatic N) is 2. The lowest BCUT2D eigenvalue weighted by atomic mass is 10.1. The van der Waals surface area contributed by atoms with Crippen molar-refractivity contribution in [2.75, 3.05) is 7.11 Å². The van der Waals surface area contributed by atoms with E-state index in [4.69, 9.17) is 4.74 Å². The summed E-state index contributed by atoms with van der Waals surface area (Å²) >= 11 is 0. The van der Waals surface area contributed by atoms with Crippen molar-refractivity contribution in [2.45, 2.75) is 25.8 Å². The molecule has 19 heavy (non-hydrogen) atoms. The number of esters is 1. The van der Waals surface area contributed by atoms with Crippen LogP contribution in [0.1, 0.15) is 28.9 Å². The van der Waals surface area contributed by atoms with Gasteiger partial charge in [0.05, 0.1) is 18.4 Å². The van der Waals surface area contributed by atoms with Gasteiger partial charge < -0.3 is 9.30 Å². The van der Waals surface area contributed by atoms with Crippen LogP contribution in [0, 0.1) is 0 Å². The Kier molecular flexibility index (Phi) is 3.07. The molecule has 0 atom stereocenters. The van der Waals surface area contributed by atoms with Crippen LogP contribution in [-0.2, 0) is 17.7 Å². The van der Waals surface area contributed by atoms with Crippen molar-refractivity contribution in [3.8, 4) is 11.3 Å². The molecule has 0 spiro atoms. The maximum Gasteiger partial charge on any atom is 0.340 e. The lowest BCUT2D eigenvalue weighted by molar-refractivity contribution is 0.0601. The molecule has 0 fully saturated rings. The molecule has 3 rings (SSSR count). The molecule has 3 heterocycles. The smallest absolute Gasteiger partial charge is 0.340 e. The normalized spacial score (nSPS) is 13.9. The fourth-order valence-electron chi connectivity index (χ4n) is 2.72. The van der Waals surface area contributed by atoms with Gasteiger partial charge >= 0.3 is 5.97 Å². The summed E-state index contributed by atoms with van der Waals surface area (Å²) in [5.41, 5.74) is 3.77. The number of pyridine rings is 1. The van der Waals surface area contributed by atoms with E-state index in [9.17, 15) is 4.79 Å². The summed E-state index contributed by atoms with van der Waals surface area (Å²) in [5, 5.41) is 0. The topological polar surface area (TPSA) is 44.1 Å². The Morgan fingerprint density at radius 2 is 2.32 bits per heavy atom. The fourth-order valence-corrected chi connectivity index (χ4v) is 2.72. The number of ether oxygens (including phenoxy) is 1. The van der Waals surface area contributed by atoms with Gasteiger partial charge in [0.15, 0.2) is 0 Å². The van der Waals surface area contributed by atoms with Gasteiger partial charge in [0.1, 0.15) is 0 Å². The van der Waals surface area contributed by atoms with Crippen molar-refractivity contribution in [2.24, 2.45) is 0 Å². The molecule has 0 N–H and O–H groups in total. The minimum absolute atomic E-state index is 0.277. The SMILES string of the molecule is COC(=O)c1cc2n(c1-c1cccnc1)CCCC2. The fraction of sp³-hybridized carbons (Fsp3) is 0.333. The second-order valence-electron chi connectivity index (χ2n) is 4.74. The first-order chi connectivity index (χ1) is 9.31. The first kappa shape index (κ1) is 12.0. The van der Waals surface area contributed by atoms with Gasteiger partial charge in [-0.15, -0.1) is 0 Å². The highest BCUT2D eigenvalue weighted by atomic mass is 16.5. The van der Waals surface area contributed by atoms with Crippen LogP contribution in [0.15, 0.2) is 30.6 Å². The van der Waals surface area contributed by atoms with Crippen LogP contribution >= 0.6 is 0 Å².